The van der Waals surface area contributed by atoms with Crippen LogP contribution in [0.3, 0.4) is 0 Å². The van der Waals surface area contributed by atoms with Crippen LogP contribution in [-0.4, -0.2) is 18.0 Å². The summed E-state index contributed by atoms with van der Waals surface area (Å²) in [6, 6.07) is 6.53. The summed E-state index contributed by atoms with van der Waals surface area (Å²) in [4.78, 5) is 0. The van der Waals surface area contributed by atoms with Crippen molar-refractivity contribution in [2.45, 2.75) is 30.5 Å². The SMILES string of the molecule is C[C@@H]1OCC[C@H]1SCc1cc(C#N)ccc1F. The third-order valence-corrected chi connectivity index (χ3v) is 4.46. The molecule has 1 aromatic rings. The molecule has 0 N–H and O–H groups in total. The van der Waals surface area contributed by atoms with Crippen LogP contribution in [0.4, 0.5) is 4.39 Å². The normalized spacial score (nSPS) is 23.6. The minimum atomic E-state index is -0.233. The Kier molecular flexibility index (Phi) is 4.03. The van der Waals surface area contributed by atoms with E-state index in [0.29, 0.717) is 22.1 Å². The zero-order chi connectivity index (χ0) is 12.3. The Morgan fingerprint density at radius 3 is 3.06 bits per heavy atom. The lowest BCUT2D eigenvalue weighted by Crippen LogP contribution is -2.13. The van der Waals surface area contributed by atoms with E-state index in [4.69, 9.17) is 10.00 Å². The number of hydrogen-bond acceptors (Lipinski definition) is 3. The van der Waals surface area contributed by atoms with Gasteiger partial charge in [0.2, 0.25) is 0 Å². The first-order valence-corrected chi connectivity index (χ1v) is 6.67. The number of rotatable bonds is 3. The summed E-state index contributed by atoms with van der Waals surface area (Å²) in [7, 11) is 0. The Balaban J connectivity index is 2.01. The van der Waals surface area contributed by atoms with Gasteiger partial charge in [-0.3, -0.25) is 0 Å². The third kappa shape index (κ3) is 2.99. The van der Waals surface area contributed by atoms with Crippen molar-refractivity contribution in [3.05, 3.63) is 35.1 Å². The summed E-state index contributed by atoms with van der Waals surface area (Å²) in [5.41, 5.74) is 1.12. The van der Waals surface area contributed by atoms with Gasteiger partial charge in [0.15, 0.2) is 0 Å². The van der Waals surface area contributed by atoms with Crippen molar-refractivity contribution in [2.75, 3.05) is 6.61 Å². The molecule has 0 bridgehead atoms. The summed E-state index contributed by atoms with van der Waals surface area (Å²) >= 11 is 1.70. The number of benzene rings is 1. The molecule has 4 heteroatoms. The van der Waals surface area contributed by atoms with Crippen LogP contribution in [0.1, 0.15) is 24.5 Å². The van der Waals surface area contributed by atoms with Crippen molar-refractivity contribution >= 4 is 11.8 Å². The lowest BCUT2D eigenvalue weighted by molar-refractivity contribution is 0.127. The van der Waals surface area contributed by atoms with Gasteiger partial charge in [-0.2, -0.15) is 17.0 Å². The number of nitriles is 1. The van der Waals surface area contributed by atoms with Crippen LogP contribution in [0.25, 0.3) is 0 Å². The number of hydrogen-bond donors (Lipinski definition) is 0. The highest BCUT2D eigenvalue weighted by Crippen LogP contribution is 2.29. The molecule has 0 saturated carbocycles. The van der Waals surface area contributed by atoms with E-state index in [0.717, 1.165) is 13.0 Å². The highest BCUT2D eigenvalue weighted by molar-refractivity contribution is 7.99. The maximum atomic E-state index is 13.5. The van der Waals surface area contributed by atoms with Crippen molar-refractivity contribution in [2.24, 2.45) is 0 Å². The van der Waals surface area contributed by atoms with E-state index in [9.17, 15) is 4.39 Å². The van der Waals surface area contributed by atoms with Gasteiger partial charge in [-0.1, -0.05) is 0 Å². The van der Waals surface area contributed by atoms with E-state index in [1.54, 1.807) is 17.8 Å². The van der Waals surface area contributed by atoms with Crippen LogP contribution in [0.15, 0.2) is 18.2 Å². The number of halogens is 1. The fraction of sp³-hybridized carbons (Fsp3) is 0.462. The zero-order valence-electron chi connectivity index (χ0n) is 9.65. The molecule has 2 rings (SSSR count). The molecule has 17 heavy (non-hydrogen) atoms. The standard InChI is InChI=1S/C13H14FNOS/c1-9-13(4-5-16-9)17-8-11-6-10(7-15)2-3-12(11)14/h2-3,6,9,13H,4-5,8H2,1H3/t9-,13+/m0/s1. The minimum absolute atomic E-state index is 0.233. The van der Waals surface area contributed by atoms with Crippen LogP contribution in [0.2, 0.25) is 0 Å². The molecule has 1 saturated heterocycles. The highest BCUT2D eigenvalue weighted by atomic mass is 32.2. The van der Waals surface area contributed by atoms with Crippen molar-refractivity contribution in [1.29, 1.82) is 5.26 Å². The topological polar surface area (TPSA) is 33.0 Å². The molecule has 1 aliphatic rings. The average Bonchev–Trinajstić information content (AvgIpc) is 2.74. The Labute approximate surface area is 105 Å². The lowest BCUT2D eigenvalue weighted by Gasteiger charge is -2.13. The summed E-state index contributed by atoms with van der Waals surface area (Å²) in [5, 5.41) is 9.21. The maximum Gasteiger partial charge on any atom is 0.127 e. The minimum Gasteiger partial charge on any atom is -0.377 e. The van der Waals surface area contributed by atoms with E-state index >= 15 is 0 Å². The van der Waals surface area contributed by atoms with Gasteiger partial charge in [0.05, 0.1) is 17.7 Å². The molecule has 0 radical (unpaired) electrons. The molecule has 0 aliphatic carbocycles. The molecule has 1 aliphatic heterocycles. The summed E-state index contributed by atoms with van der Waals surface area (Å²) in [5.74, 6) is 0.364. The monoisotopic (exact) mass is 251 g/mol. The van der Waals surface area contributed by atoms with Gasteiger partial charge in [0, 0.05) is 17.6 Å². The molecule has 0 unspecified atom stereocenters. The fourth-order valence-electron chi connectivity index (χ4n) is 1.88. The maximum absolute atomic E-state index is 13.5. The first kappa shape index (κ1) is 12.4. The van der Waals surface area contributed by atoms with Gasteiger partial charge in [-0.25, -0.2) is 4.39 Å². The van der Waals surface area contributed by atoms with Crippen LogP contribution in [0, 0.1) is 17.1 Å². The fourth-order valence-corrected chi connectivity index (χ4v) is 3.11. The van der Waals surface area contributed by atoms with Crippen LogP contribution in [0.5, 0.6) is 0 Å². The van der Waals surface area contributed by atoms with Gasteiger partial charge in [0.25, 0.3) is 0 Å². The van der Waals surface area contributed by atoms with Crippen LogP contribution < -0.4 is 0 Å². The van der Waals surface area contributed by atoms with E-state index in [1.165, 1.54) is 12.1 Å². The molecule has 90 valence electrons. The molecule has 0 aromatic heterocycles. The van der Waals surface area contributed by atoms with Crippen LogP contribution >= 0.6 is 11.8 Å². The van der Waals surface area contributed by atoms with E-state index < -0.39 is 0 Å². The van der Waals surface area contributed by atoms with Crippen molar-refractivity contribution < 1.29 is 9.13 Å². The second-order valence-corrected chi connectivity index (χ2v) is 5.36. The van der Waals surface area contributed by atoms with Gasteiger partial charge in [0.1, 0.15) is 5.82 Å². The molecular weight excluding hydrogens is 237 g/mol. The smallest absolute Gasteiger partial charge is 0.127 e. The number of nitrogens with zero attached hydrogens (tertiary/aromatic N) is 1. The van der Waals surface area contributed by atoms with E-state index in [2.05, 4.69) is 0 Å². The van der Waals surface area contributed by atoms with Crippen LogP contribution in [-0.2, 0) is 10.5 Å². The predicted molar refractivity (Wildman–Crippen MR) is 66.2 cm³/mol. The largest absolute Gasteiger partial charge is 0.377 e. The summed E-state index contributed by atoms with van der Waals surface area (Å²) < 4.78 is 19.0. The Morgan fingerprint density at radius 2 is 2.41 bits per heavy atom. The predicted octanol–water partition coefficient (Wildman–Crippen LogP) is 3.11. The summed E-state index contributed by atoms with van der Waals surface area (Å²) in [6.45, 7) is 2.84. The second-order valence-electron chi connectivity index (χ2n) is 4.13. The molecule has 2 nitrogen and oxygen atoms in total. The second kappa shape index (κ2) is 5.52. The Morgan fingerprint density at radius 1 is 1.59 bits per heavy atom. The molecular formula is C13H14FNOS. The summed E-state index contributed by atoms with van der Waals surface area (Å²) in [6.07, 6.45) is 1.26. The van der Waals surface area contributed by atoms with Gasteiger partial charge in [-0.15, -0.1) is 0 Å². The van der Waals surface area contributed by atoms with Gasteiger partial charge < -0.3 is 4.74 Å². The Bertz CT molecular complexity index is 444. The van der Waals surface area contributed by atoms with Gasteiger partial charge in [-0.05, 0) is 37.1 Å². The van der Waals surface area contributed by atoms with E-state index in [1.807, 2.05) is 13.0 Å². The first-order valence-electron chi connectivity index (χ1n) is 5.62. The molecule has 1 heterocycles. The van der Waals surface area contributed by atoms with Crippen molar-refractivity contribution in [1.82, 2.24) is 0 Å². The molecule has 0 spiro atoms. The average molecular weight is 251 g/mol. The quantitative estimate of drug-likeness (QED) is 0.827. The number of thioether (sulfide) groups is 1. The van der Waals surface area contributed by atoms with Crippen molar-refractivity contribution in [3.8, 4) is 6.07 Å². The van der Waals surface area contributed by atoms with Gasteiger partial charge >= 0.3 is 0 Å². The Hall–Kier alpha value is -1.05. The molecule has 1 fully saturated rings. The zero-order valence-corrected chi connectivity index (χ0v) is 10.5. The third-order valence-electron chi connectivity index (χ3n) is 2.93. The highest BCUT2D eigenvalue weighted by Gasteiger charge is 2.24. The molecule has 1 aromatic carbocycles. The number of ether oxygens (including phenoxy) is 1. The van der Waals surface area contributed by atoms with Crippen molar-refractivity contribution in [3.63, 3.8) is 0 Å². The van der Waals surface area contributed by atoms with E-state index in [-0.39, 0.29) is 11.9 Å². The lowest BCUT2D eigenvalue weighted by atomic mass is 10.1. The molecule has 2 atom stereocenters. The first-order chi connectivity index (χ1) is 8.20. The molecule has 0 amide bonds.